The van der Waals surface area contributed by atoms with Gasteiger partial charge in [0.25, 0.3) is 0 Å². The molecule has 3 rings (SSSR count). The molecule has 2 atom stereocenters. The van der Waals surface area contributed by atoms with Crippen molar-refractivity contribution in [3.63, 3.8) is 0 Å². The Bertz CT molecular complexity index is 524. The second kappa shape index (κ2) is 4.91. The van der Waals surface area contributed by atoms with E-state index >= 15 is 0 Å². The molecule has 1 fully saturated rings. The maximum Gasteiger partial charge on any atom is 0.127 e. The molecule has 0 spiro atoms. The fraction of sp³-hybridized carbons (Fsp3) is 0.250. The van der Waals surface area contributed by atoms with Crippen LogP contribution in [0.3, 0.4) is 0 Å². The minimum Gasteiger partial charge on any atom is -0.309 e. The van der Waals surface area contributed by atoms with Gasteiger partial charge in [0.2, 0.25) is 0 Å². The van der Waals surface area contributed by atoms with Crippen LogP contribution in [0.5, 0.6) is 0 Å². The molecular formula is C16H16FN. The zero-order valence-corrected chi connectivity index (χ0v) is 10.1. The molecule has 18 heavy (non-hydrogen) atoms. The Labute approximate surface area is 107 Å². The van der Waals surface area contributed by atoms with E-state index in [0.717, 1.165) is 12.0 Å². The van der Waals surface area contributed by atoms with Gasteiger partial charge < -0.3 is 5.32 Å². The van der Waals surface area contributed by atoms with Gasteiger partial charge in [-0.3, -0.25) is 0 Å². The van der Waals surface area contributed by atoms with Gasteiger partial charge in [-0.15, -0.1) is 0 Å². The van der Waals surface area contributed by atoms with E-state index in [4.69, 9.17) is 0 Å². The third-order valence-electron chi connectivity index (χ3n) is 3.53. The number of hydrogen-bond acceptors (Lipinski definition) is 1. The fourth-order valence-corrected chi connectivity index (χ4v) is 2.37. The summed E-state index contributed by atoms with van der Waals surface area (Å²) in [4.78, 5) is 0. The highest BCUT2D eigenvalue weighted by Gasteiger charge is 2.37. The number of nitrogens with one attached hydrogen (secondary N) is 1. The summed E-state index contributed by atoms with van der Waals surface area (Å²) in [6, 6.07) is 17.9. The van der Waals surface area contributed by atoms with E-state index in [2.05, 4.69) is 29.6 Å². The van der Waals surface area contributed by atoms with Gasteiger partial charge in [-0.25, -0.2) is 4.39 Å². The first-order chi connectivity index (χ1) is 8.84. The highest BCUT2D eigenvalue weighted by molar-refractivity contribution is 5.28. The SMILES string of the molecule is Fc1ccccc1CNC1CC1c1ccccc1. The molecule has 0 aromatic heterocycles. The van der Waals surface area contributed by atoms with E-state index in [0.29, 0.717) is 18.5 Å². The first kappa shape index (κ1) is 11.4. The normalized spacial score (nSPS) is 21.8. The summed E-state index contributed by atoms with van der Waals surface area (Å²) in [5.41, 5.74) is 2.12. The van der Waals surface area contributed by atoms with Gasteiger partial charge in [0, 0.05) is 24.1 Å². The molecule has 92 valence electrons. The Morgan fingerprint density at radius 1 is 1.00 bits per heavy atom. The average Bonchev–Trinajstić information content (AvgIpc) is 3.18. The molecule has 2 aromatic carbocycles. The Morgan fingerprint density at radius 2 is 1.72 bits per heavy atom. The van der Waals surface area contributed by atoms with E-state index in [1.807, 2.05) is 18.2 Å². The van der Waals surface area contributed by atoms with Crippen LogP contribution >= 0.6 is 0 Å². The van der Waals surface area contributed by atoms with Crippen LogP contribution in [-0.4, -0.2) is 6.04 Å². The quantitative estimate of drug-likeness (QED) is 0.864. The lowest BCUT2D eigenvalue weighted by Gasteiger charge is -2.05. The van der Waals surface area contributed by atoms with E-state index < -0.39 is 0 Å². The third-order valence-corrected chi connectivity index (χ3v) is 3.53. The summed E-state index contributed by atoms with van der Waals surface area (Å²) in [5, 5.41) is 3.42. The first-order valence-corrected chi connectivity index (χ1v) is 6.36. The highest BCUT2D eigenvalue weighted by Crippen LogP contribution is 2.40. The minimum atomic E-state index is -0.123. The Hall–Kier alpha value is -1.67. The molecular weight excluding hydrogens is 225 g/mol. The van der Waals surface area contributed by atoms with Crippen molar-refractivity contribution in [2.24, 2.45) is 0 Å². The molecule has 0 amide bonds. The lowest BCUT2D eigenvalue weighted by Crippen LogP contribution is -2.18. The van der Waals surface area contributed by atoms with Gasteiger partial charge >= 0.3 is 0 Å². The average molecular weight is 241 g/mol. The minimum absolute atomic E-state index is 0.123. The van der Waals surface area contributed by atoms with Crippen LogP contribution in [0.2, 0.25) is 0 Å². The van der Waals surface area contributed by atoms with Gasteiger partial charge in [0.05, 0.1) is 0 Å². The van der Waals surface area contributed by atoms with Gasteiger partial charge in [-0.1, -0.05) is 48.5 Å². The van der Waals surface area contributed by atoms with Gasteiger partial charge in [-0.05, 0) is 18.1 Å². The molecule has 1 saturated carbocycles. The van der Waals surface area contributed by atoms with Crippen molar-refractivity contribution < 1.29 is 4.39 Å². The summed E-state index contributed by atoms with van der Waals surface area (Å²) in [6.45, 7) is 0.612. The predicted octanol–water partition coefficient (Wildman–Crippen LogP) is 3.47. The van der Waals surface area contributed by atoms with E-state index in [1.54, 1.807) is 6.07 Å². The molecule has 2 unspecified atom stereocenters. The summed E-state index contributed by atoms with van der Waals surface area (Å²) >= 11 is 0. The Kier molecular flexibility index (Phi) is 3.11. The standard InChI is InChI=1S/C16H16FN/c17-15-9-5-4-8-13(15)11-18-16-10-14(16)12-6-2-1-3-7-12/h1-9,14,16,18H,10-11H2. The van der Waals surface area contributed by atoms with E-state index in [9.17, 15) is 4.39 Å². The smallest absolute Gasteiger partial charge is 0.127 e. The summed E-state index contributed by atoms with van der Waals surface area (Å²) < 4.78 is 13.4. The van der Waals surface area contributed by atoms with Crippen molar-refractivity contribution in [2.45, 2.75) is 24.9 Å². The van der Waals surface area contributed by atoms with Crippen molar-refractivity contribution in [3.05, 3.63) is 71.5 Å². The lowest BCUT2D eigenvalue weighted by atomic mass is 10.1. The maximum atomic E-state index is 13.4. The number of halogens is 1. The summed E-state index contributed by atoms with van der Waals surface area (Å²) in [7, 11) is 0. The van der Waals surface area contributed by atoms with Crippen molar-refractivity contribution >= 4 is 0 Å². The molecule has 1 aliphatic carbocycles. The van der Waals surface area contributed by atoms with Crippen LogP contribution in [-0.2, 0) is 6.54 Å². The van der Waals surface area contributed by atoms with Crippen molar-refractivity contribution in [3.8, 4) is 0 Å². The summed E-state index contributed by atoms with van der Waals surface area (Å²) in [6.07, 6.45) is 1.15. The lowest BCUT2D eigenvalue weighted by molar-refractivity contribution is 0.584. The second-order valence-corrected chi connectivity index (χ2v) is 4.83. The second-order valence-electron chi connectivity index (χ2n) is 4.83. The third kappa shape index (κ3) is 2.44. The van der Waals surface area contributed by atoms with Gasteiger partial charge in [0.1, 0.15) is 5.82 Å². The molecule has 2 aromatic rings. The van der Waals surface area contributed by atoms with Crippen LogP contribution in [0.1, 0.15) is 23.5 Å². The molecule has 1 N–H and O–H groups in total. The highest BCUT2D eigenvalue weighted by atomic mass is 19.1. The zero-order chi connectivity index (χ0) is 12.4. The van der Waals surface area contributed by atoms with Crippen LogP contribution < -0.4 is 5.32 Å². The molecule has 1 aliphatic rings. The van der Waals surface area contributed by atoms with Crippen LogP contribution in [0.15, 0.2) is 54.6 Å². The maximum absolute atomic E-state index is 13.4. The van der Waals surface area contributed by atoms with Crippen LogP contribution in [0.25, 0.3) is 0 Å². The Morgan fingerprint density at radius 3 is 2.50 bits per heavy atom. The zero-order valence-electron chi connectivity index (χ0n) is 10.1. The number of rotatable bonds is 4. The van der Waals surface area contributed by atoms with E-state index in [1.165, 1.54) is 11.6 Å². The Balaban J connectivity index is 1.56. The van der Waals surface area contributed by atoms with Crippen molar-refractivity contribution in [2.75, 3.05) is 0 Å². The molecule has 0 bridgehead atoms. The largest absolute Gasteiger partial charge is 0.309 e. The topological polar surface area (TPSA) is 12.0 Å². The molecule has 0 saturated heterocycles. The molecule has 2 heteroatoms. The van der Waals surface area contributed by atoms with E-state index in [-0.39, 0.29) is 5.82 Å². The van der Waals surface area contributed by atoms with Crippen LogP contribution in [0.4, 0.5) is 4.39 Å². The molecule has 0 radical (unpaired) electrons. The molecule has 1 nitrogen and oxygen atoms in total. The van der Waals surface area contributed by atoms with Gasteiger partial charge in [-0.2, -0.15) is 0 Å². The fourth-order valence-electron chi connectivity index (χ4n) is 2.37. The van der Waals surface area contributed by atoms with Crippen LogP contribution in [0, 0.1) is 5.82 Å². The number of benzene rings is 2. The van der Waals surface area contributed by atoms with Gasteiger partial charge in [0.15, 0.2) is 0 Å². The molecule has 0 aliphatic heterocycles. The van der Waals surface area contributed by atoms with Crippen molar-refractivity contribution in [1.29, 1.82) is 0 Å². The monoisotopic (exact) mass is 241 g/mol. The molecule has 0 heterocycles. The van der Waals surface area contributed by atoms with Crippen molar-refractivity contribution in [1.82, 2.24) is 5.32 Å². The first-order valence-electron chi connectivity index (χ1n) is 6.36. The summed E-state index contributed by atoms with van der Waals surface area (Å²) in [5.74, 6) is 0.472. The number of hydrogen-bond donors (Lipinski definition) is 1. The predicted molar refractivity (Wildman–Crippen MR) is 70.8 cm³/mol.